The molecule has 1 aliphatic heterocycles. The number of carbonyl (C=O) groups excluding carboxylic acids is 2. The van der Waals surface area contributed by atoms with E-state index >= 15 is 0 Å². The average molecular weight is 457 g/mol. The Morgan fingerprint density at radius 2 is 1.84 bits per heavy atom. The first-order valence-electron chi connectivity index (χ1n) is 9.94. The molecule has 2 N–H and O–H groups in total. The first-order valence-corrected chi connectivity index (χ1v) is 10.3. The maximum Gasteiger partial charge on any atom is 0.255 e. The van der Waals surface area contributed by atoms with Crippen molar-refractivity contribution in [3.63, 3.8) is 0 Å². The number of benzene rings is 3. The maximum absolute atomic E-state index is 13.8. The lowest BCUT2D eigenvalue weighted by molar-refractivity contribution is -0.126. The van der Waals surface area contributed by atoms with E-state index in [1.807, 2.05) is 0 Å². The molecule has 0 bridgehead atoms. The van der Waals surface area contributed by atoms with Gasteiger partial charge in [-0.15, -0.1) is 0 Å². The van der Waals surface area contributed by atoms with Gasteiger partial charge in [-0.3, -0.25) is 9.59 Å². The molecule has 32 heavy (non-hydrogen) atoms. The van der Waals surface area contributed by atoms with Crippen LogP contribution in [0.3, 0.4) is 0 Å². The summed E-state index contributed by atoms with van der Waals surface area (Å²) < 4.78 is 33.1. The zero-order valence-electron chi connectivity index (χ0n) is 16.8. The van der Waals surface area contributed by atoms with Gasteiger partial charge in [0, 0.05) is 23.4 Å². The van der Waals surface area contributed by atoms with Crippen LogP contribution in [-0.4, -0.2) is 18.4 Å². The number of halogens is 3. The second-order valence-electron chi connectivity index (χ2n) is 7.43. The van der Waals surface area contributed by atoms with Gasteiger partial charge in [0.15, 0.2) is 0 Å². The van der Waals surface area contributed by atoms with E-state index in [1.54, 1.807) is 36.4 Å². The van der Waals surface area contributed by atoms with Crippen LogP contribution >= 0.6 is 11.6 Å². The molecule has 2 amide bonds. The van der Waals surface area contributed by atoms with Gasteiger partial charge in [-0.25, -0.2) is 8.78 Å². The van der Waals surface area contributed by atoms with Crippen LogP contribution in [0.5, 0.6) is 5.75 Å². The zero-order chi connectivity index (χ0) is 22.7. The van der Waals surface area contributed by atoms with Crippen LogP contribution in [0.2, 0.25) is 5.02 Å². The van der Waals surface area contributed by atoms with E-state index in [0.29, 0.717) is 23.4 Å². The SMILES string of the molecule is O=C(Nc1ccc2c(c1)CC(C(=O)NCc1ccccc1F)CO2)c1ccc(Cl)c(F)c1. The van der Waals surface area contributed by atoms with E-state index in [4.69, 9.17) is 16.3 Å². The number of fused-ring (bicyclic) bond motifs is 1. The van der Waals surface area contributed by atoms with Gasteiger partial charge in [0.05, 0.1) is 10.9 Å². The lowest BCUT2D eigenvalue weighted by Crippen LogP contribution is -2.37. The number of rotatable bonds is 5. The lowest BCUT2D eigenvalue weighted by Gasteiger charge is -2.25. The largest absolute Gasteiger partial charge is 0.492 e. The van der Waals surface area contributed by atoms with Crippen LogP contribution in [0.4, 0.5) is 14.5 Å². The Morgan fingerprint density at radius 3 is 2.62 bits per heavy atom. The van der Waals surface area contributed by atoms with E-state index in [-0.39, 0.29) is 35.5 Å². The predicted octanol–water partition coefficient (Wildman–Crippen LogP) is 4.74. The quantitative estimate of drug-likeness (QED) is 0.583. The Balaban J connectivity index is 1.41. The summed E-state index contributed by atoms with van der Waals surface area (Å²) in [6.45, 7) is 0.286. The summed E-state index contributed by atoms with van der Waals surface area (Å²) in [5.74, 6) is -1.62. The monoisotopic (exact) mass is 456 g/mol. The van der Waals surface area contributed by atoms with E-state index in [9.17, 15) is 18.4 Å². The minimum absolute atomic E-state index is 0.0631. The summed E-state index contributed by atoms with van der Waals surface area (Å²) in [6.07, 6.45) is 0.401. The van der Waals surface area contributed by atoms with Gasteiger partial charge in [0.2, 0.25) is 5.91 Å². The minimum atomic E-state index is -0.678. The molecule has 1 heterocycles. The number of amides is 2. The Morgan fingerprint density at radius 1 is 1.03 bits per heavy atom. The highest BCUT2D eigenvalue weighted by Gasteiger charge is 2.26. The first-order chi connectivity index (χ1) is 15.4. The number of anilines is 1. The molecule has 0 saturated heterocycles. The molecule has 0 aromatic heterocycles. The molecular weight excluding hydrogens is 438 g/mol. The Labute approximate surface area is 188 Å². The van der Waals surface area contributed by atoms with Crippen molar-refractivity contribution in [3.05, 3.63) is 94.0 Å². The lowest BCUT2D eigenvalue weighted by atomic mass is 9.95. The summed E-state index contributed by atoms with van der Waals surface area (Å²) in [5, 5.41) is 5.39. The second-order valence-corrected chi connectivity index (χ2v) is 7.83. The Bertz CT molecular complexity index is 1190. The van der Waals surface area contributed by atoms with Crippen molar-refractivity contribution in [1.29, 1.82) is 0 Å². The van der Waals surface area contributed by atoms with Crippen molar-refractivity contribution in [2.75, 3.05) is 11.9 Å². The average Bonchev–Trinajstić information content (AvgIpc) is 2.79. The van der Waals surface area contributed by atoms with Gasteiger partial charge < -0.3 is 15.4 Å². The molecule has 1 atom stereocenters. The summed E-state index contributed by atoms with van der Waals surface area (Å²) in [7, 11) is 0. The molecule has 4 rings (SSSR count). The fourth-order valence-corrected chi connectivity index (χ4v) is 3.57. The predicted molar refractivity (Wildman–Crippen MR) is 117 cm³/mol. The Hall–Kier alpha value is -3.45. The van der Waals surface area contributed by atoms with Crippen molar-refractivity contribution in [1.82, 2.24) is 5.32 Å². The molecule has 0 radical (unpaired) electrons. The standard InChI is InChI=1S/C24H19ClF2N2O3/c25-19-7-5-14(11-21(19)27)24(31)29-18-6-8-22-16(10-18)9-17(13-32-22)23(30)28-12-15-3-1-2-4-20(15)26/h1-8,10-11,17H,9,12-13H2,(H,28,30)(H,29,31). The van der Waals surface area contributed by atoms with E-state index < -0.39 is 17.6 Å². The summed E-state index contributed by atoms with van der Waals surface area (Å²) in [5.41, 5.74) is 1.77. The number of nitrogens with one attached hydrogen (secondary N) is 2. The number of carbonyl (C=O) groups is 2. The highest BCUT2D eigenvalue weighted by molar-refractivity contribution is 6.30. The molecule has 8 heteroatoms. The number of hydrogen-bond acceptors (Lipinski definition) is 3. The summed E-state index contributed by atoms with van der Waals surface area (Å²) in [4.78, 5) is 25.0. The van der Waals surface area contributed by atoms with Crippen LogP contribution in [0, 0.1) is 17.6 Å². The zero-order valence-corrected chi connectivity index (χ0v) is 17.6. The molecule has 1 aliphatic rings. The van der Waals surface area contributed by atoms with Gasteiger partial charge >= 0.3 is 0 Å². The fraction of sp³-hybridized carbons (Fsp3) is 0.167. The summed E-state index contributed by atoms with van der Waals surface area (Å²) >= 11 is 5.66. The van der Waals surface area contributed by atoms with Crippen LogP contribution in [0.1, 0.15) is 21.5 Å². The van der Waals surface area contributed by atoms with E-state index in [1.165, 1.54) is 18.2 Å². The fourth-order valence-electron chi connectivity index (χ4n) is 3.45. The second kappa shape index (κ2) is 9.36. The number of ether oxygens (including phenoxy) is 1. The molecule has 1 unspecified atom stereocenters. The molecule has 0 aliphatic carbocycles. The van der Waals surface area contributed by atoms with Crippen molar-refractivity contribution >= 4 is 29.1 Å². The smallest absolute Gasteiger partial charge is 0.255 e. The third kappa shape index (κ3) is 4.89. The number of hydrogen-bond donors (Lipinski definition) is 2. The first kappa shape index (κ1) is 21.8. The van der Waals surface area contributed by atoms with Crippen LogP contribution < -0.4 is 15.4 Å². The molecule has 164 valence electrons. The molecule has 3 aromatic rings. The molecule has 3 aromatic carbocycles. The van der Waals surface area contributed by atoms with Gasteiger partial charge in [-0.1, -0.05) is 29.8 Å². The van der Waals surface area contributed by atoms with Crippen molar-refractivity contribution in [2.45, 2.75) is 13.0 Å². The van der Waals surface area contributed by atoms with Gasteiger partial charge in [0.1, 0.15) is 24.0 Å². The van der Waals surface area contributed by atoms with Gasteiger partial charge in [-0.05, 0) is 54.4 Å². The van der Waals surface area contributed by atoms with Crippen LogP contribution in [0.15, 0.2) is 60.7 Å². The van der Waals surface area contributed by atoms with Gasteiger partial charge in [-0.2, -0.15) is 0 Å². The maximum atomic E-state index is 13.8. The third-order valence-electron chi connectivity index (χ3n) is 5.19. The molecule has 0 saturated carbocycles. The van der Waals surface area contributed by atoms with Gasteiger partial charge in [0.25, 0.3) is 5.91 Å². The Kier molecular flexibility index (Phi) is 6.37. The highest BCUT2D eigenvalue weighted by Crippen LogP contribution is 2.30. The normalized spacial score (nSPS) is 14.8. The van der Waals surface area contributed by atoms with E-state index in [2.05, 4.69) is 10.6 Å². The van der Waals surface area contributed by atoms with Crippen molar-refractivity contribution in [3.8, 4) is 5.75 Å². The van der Waals surface area contributed by atoms with Crippen LogP contribution in [0.25, 0.3) is 0 Å². The molecule has 0 spiro atoms. The topological polar surface area (TPSA) is 67.4 Å². The van der Waals surface area contributed by atoms with Crippen molar-refractivity contribution < 1.29 is 23.1 Å². The third-order valence-corrected chi connectivity index (χ3v) is 5.49. The summed E-state index contributed by atoms with van der Waals surface area (Å²) in [6, 6.07) is 15.2. The molecule has 5 nitrogen and oxygen atoms in total. The van der Waals surface area contributed by atoms with Crippen molar-refractivity contribution in [2.24, 2.45) is 5.92 Å². The highest BCUT2D eigenvalue weighted by atomic mass is 35.5. The molecular formula is C24H19ClF2N2O3. The van der Waals surface area contributed by atoms with E-state index in [0.717, 1.165) is 11.6 Å². The van der Waals surface area contributed by atoms with Crippen LogP contribution in [-0.2, 0) is 17.8 Å². The minimum Gasteiger partial charge on any atom is -0.492 e. The molecule has 0 fully saturated rings.